The van der Waals surface area contributed by atoms with Crippen LogP contribution in [0.3, 0.4) is 0 Å². The summed E-state index contributed by atoms with van der Waals surface area (Å²) in [7, 11) is 0. The smallest absolute Gasteiger partial charge is 0.186 e. The second-order valence-corrected chi connectivity index (χ2v) is 9.35. The Kier molecular flexibility index (Phi) is 4.06. The van der Waals surface area contributed by atoms with Gasteiger partial charge in [0, 0.05) is 26.2 Å². The first-order valence-electron chi connectivity index (χ1n) is 9.32. The predicted octanol–water partition coefficient (Wildman–Crippen LogP) is 5.16. The van der Waals surface area contributed by atoms with E-state index in [9.17, 15) is 0 Å². The molecule has 1 saturated heterocycles. The number of hydrogen-bond donors (Lipinski definition) is 0. The van der Waals surface area contributed by atoms with Crippen LogP contribution in [-0.4, -0.2) is 36.1 Å². The highest BCUT2D eigenvalue weighted by molar-refractivity contribution is 7.22. The maximum atomic E-state index is 4.91. The van der Waals surface area contributed by atoms with E-state index in [1.165, 1.54) is 26.1 Å². The van der Waals surface area contributed by atoms with E-state index in [1.54, 1.807) is 11.3 Å². The van der Waals surface area contributed by atoms with Crippen LogP contribution < -0.4 is 9.80 Å². The molecule has 0 unspecified atom stereocenters. The third-order valence-electron chi connectivity index (χ3n) is 5.16. The molecule has 0 spiro atoms. The molecule has 1 fully saturated rings. The van der Waals surface area contributed by atoms with Crippen molar-refractivity contribution in [3.8, 4) is 0 Å². The number of nitrogens with zero attached hydrogens (tertiary/aromatic N) is 4. The lowest BCUT2D eigenvalue weighted by molar-refractivity contribution is 0.651. The molecule has 0 N–H and O–H groups in total. The molecule has 0 atom stereocenters. The molecule has 6 heteroatoms. The van der Waals surface area contributed by atoms with Gasteiger partial charge in [0.2, 0.25) is 0 Å². The number of hydrogen-bond acceptors (Lipinski definition) is 6. The monoisotopic (exact) mass is 394 g/mol. The Hall–Kier alpha value is -2.18. The average Bonchev–Trinajstić information content (AvgIpc) is 3.25. The number of anilines is 2. The normalized spacial score (nSPS) is 15.2. The van der Waals surface area contributed by atoms with Crippen molar-refractivity contribution in [1.82, 2.24) is 9.97 Å². The minimum absolute atomic E-state index is 0.993. The predicted molar refractivity (Wildman–Crippen MR) is 118 cm³/mol. The molecule has 1 aliphatic rings. The van der Waals surface area contributed by atoms with Gasteiger partial charge in [-0.1, -0.05) is 34.8 Å². The zero-order valence-corrected chi connectivity index (χ0v) is 17.5. The SMILES string of the molecule is Cc1cc(C)c2sc(N3CCN(c4nc5ccc(C)cc5s4)CC3)nc2c1. The Morgan fingerprint density at radius 1 is 0.741 bits per heavy atom. The van der Waals surface area contributed by atoms with Gasteiger partial charge in [0.1, 0.15) is 0 Å². The van der Waals surface area contributed by atoms with Gasteiger partial charge in [-0.25, -0.2) is 9.97 Å². The molecular weight excluding hydrogens is 372 g/mol. The fourth-order valence-corrected chi connectivity index (χ4v) is 5.93. The van der Waals surface area contributed by atoms with Gasteiger partial charge in [-0.15, -0.1) is 0 Å². The molecule has 0 amide bonds. The summed E-state index contributed by atoms with van der Waals surface area (Å²) in [6, 6.07) is 10.9. The molecule has 0 radical (unpaired) electrons. The molecule has 2 aromatic carbocycles. The third kappa shape index (κ3) is 3.07. The lowest BCUT2D eigenvalue weighted by atomic mass is 10.1. The Balaban J connectivity index is 1.35. The van der Waals surface area contributed by atoms with Crippen molar-refractivity contribution < 1.29 is 0 Å². The molecule has 3 heterocycles. The van der Waals surface area contributed by atoms with E-state index in [4.69, 9.17) is 9.97 Å². The molecule has 4 nitrogen and oxygen atoms in total. The number of thiazole rings is 2. The highest BCUT2D eigenvalue weighted by Gasteiger charge is 2.22. The number of benzene rings is 2. The molecular formula is C21H22N4S2. The summed E-state index contributed by atoms with van der Waals surface area (Å²) in [5.74, 6) is 0. The summed E-state index contributed by atoms with van der Waals surface area (Å²) in [6.07, 6.45) is 0. The maximum Gasteiger partial charge on any atom is 0.186 e. The Morgan fingerprint density at radius 3 is 2.15 bits per heavy atom. The largest absolute Gasteiger partial charge is 0.345 e. The quantitative estimate of drug-likeness (QED) is 0.470. The van der Waals surface area contributed by atoms with Crippen LogP contribution in [0.4, 0.5) is 10.3 Å². The van der Waals surface area contributed by atoms with Crippen LogP contribution >= 0.6 is 22.7 Å². The zero-order chi connectivity index (χ0) is 18.5. The number of rotatable bonds is 2. The van der Waals surface area contributed by atoms with Crippen molar-refractivity contribution in [2.45, 2.75) is 20.8 Å². The third-order valence-corrected chi connectivity index (χ3v) is 7.51. The molecule has 0 saturated carbocycles. The van der Waals surface area contributed by atoms with Crippen LogP contribution in [0.5, 0.6) is 0 Å². The Labute approximate surface area is 167 Å². The summed E-state index contributed by atoms with van der Waals surface area (Å²) in [4.78, 5) is 14.6. The van der Waals surface area contributed by atoms with Gasteiger partial charge in [0.05, 0.1) is 20.4 Å². The van der Waals surface area contributed by atoms with Crippen LogP contribution in [0.15, 0.2) is 30.3 Å². The maximum absolute atomic E-state index is 4.91. The van der Waals surface area contributed by atoms with Gasteiger partial charge in [-0.2, -0.15) is 0 Å². The van der Waals surface area contributed by atoms with Gasteiger partial charge in [-0.05, 0) is 55.7 Å². The molecule has 2 aromatic heterocycles. The Morgan fingerprint density at radius 2 is 1.41 bits per heavy atom. The minimum Gasteiger partial charge on any atom is -0.345 e. The van der Waals surface area contributed by atoms with E-state index in [0.717, 1.165) is 47.5 Å². The summed E-state index contributed by atoms with van der Waals surface area (Å²) in [6.45, 7) is 10.4. The molecule has 0 aliphatic carbocycles. The second kappa shape index (κ2) is 6.46. The molecule has 138 valence electrons. The summed E-state index contributed by atoms with van der Waals surface area (Å²) < 4.78 is 2.60. The van der Waals surface area contributed by atoms with Gasteiger partial charge < -0.3 is 9.80 Å². The van der Waals surface area contributed by atoms with E-state index in [2.05, 4.69) is 60.9 Å². The second-order valence-electron chi connectivity index (χ2n) is 7.37. The molecule has 0 bridgehead atoms. The van der Waals surface area contributed by atoms with Crippen LogP contribution in [0, 0.1) is 20.8 Å². The first-order chi connectivity index (χ1) is 13.1. The average molecular weight is 395 g/mol. The van der Waals surface area contributed by atoms with E-state index < -0.39 is 0 Å². The number of aromatic nitrogens is 2. The molecule has 4 aromatic rings. The summed E-state index contributed by atoms with van der Waals surface area (Å²) in [5.41, 5.74) is 6.16. The number of piperazine rings is 1. The van der Waals surface area contributed by atoms with Crippen molar-refractivity contribution >= 4 is 53.4 Å². The van der Waals surface area contributed by atoms with E-state index in [0.29, 0.717) is 0 Å². The van der Waals surface area contributed by atoms with Crippen LogP contribution in [0.25, 0.3) is 20.4 Å². The van der Waals surface area contributed by atoms with Gasteiger partial charge in [0.25, 0.3) is 0 Å². The van der Waals surface area contributed by atoms with E-state index in [-0.39, 0.29) is 0 Å². The van der Waals surface area contributed by atoms with E-state index in [1.807, 2.05) is 11.3 Å². The fourth-order valence-electron chi connectivity index (χ4n) is 3.74. The minimum atomic E-state index is 0.993. The number of aryl methyl sites for hydroxylation is 3. The van der Waals surface area contributed by atoms with Gasteiger partial charge >= 0.3 is 0 Å². The Bertz CT molecular complexity index is 1140. The lowest BCUT2D eigenvalue weighted by Crippen LogP contribution is -2.46. The topological polar surface area (TPSA) is 32.3 Å². The molecule has 1 aliphatic heterocycles. The number of fused-ring (bicyclic) bond motifs is 2. The van der Waals surface area contributed by atoms with Crippen molar-refractivity contribution in [2.24, 2.45) is 0 Å². The van der Waals surface area contributed by atoms with Crippen LogP contribution in [0.1, 0.15) is 16.7 Å². The standard InChI is InChI=1S/C21H22N4S2/c1-13-4-5-16-18(12-13)26-20(22-16)24-6-8-25(9-7-24)21-23-17-11-14(2)10-15(3)19(17)27-21/h4-5,10-12H,6-9H2,1-3H3. The van der Waals surface area contributed by atoms with Crippen molar-refractivity contribution in [2.75, 3.05) is 36.0 Å². The molecule has 5 rings (SSSR count). The lowest BCUT2D eigenvalue weighted by Gasteiger charge is -2.34. The van der Waals surface area contributed by atoms with Crippen LogP contribution in [0.2, 0.25) is 0 Å². The molecule has 27 heavy (non-hydrogen) atoms. The summed E-state index contributed by atoms with van der Waals surface area (Å²) in [5, 5.41) is 2.30. The van der Waals surface area contributed by atoms with Crippen LogP contribution in [-0.2, 0) is 0 Å². The van der Waals surface area contributed by atoms with Crippen molar-refractivity contribution in [3.63, 3.8) is 0 Å². The van der Waals surface area contributed by atoms with Gasteiger partial charge in [-0.3, -0.25) is 0 Å². The fraction of sp³-hybridized carbons (Fsp3) is 0.333. The summed E-state index contributed by atoms with van der Waals surface area (Å²) >= 11 is 3.63. The first-order valence-corrected chi connectivity index (χ1v) is 10.9. The highest BCUT2D eigenvalue weighted by atomic mass is 32.1. The zero-order valence-electron chi connectivity index (χ0n) is 15.8. The first kappa shape index (κ1) is 17.0. The van der Waals surface area contributed by atoms with Crippen molar-refractivity contribution in [1.29, 1.82) is 0 Å². The van der Waals surface area contributed by atoms with Crippen molar-refractivity contribution in [3.05, 3.63) is 47.0 Å². The van der Waals surface area contributed by atoms with E-state index >= 15 is 0 Å². The van der Waals surface area contributed by atoms with Gasteiger partial charge in [0.15, 0.2) is 10.3 Å². The highest BCUT2D eigenvalue weighted by Crippen LogP contribution is 2.34.